The molecule has 0 radical (unpaired) electrons. The minimum absolute atomic E-state index is 0.710. The average Bonchev–Trinajstić information content (AvgIpc) is 3.94. The summed E-state index contributed by atoms with van der Waals surface area (Å²) in [6.45, 7) is 0. The van der Waals surface area contributed by atoms with Crippen molar-refractivity contribution < 1.29 is 0 Å². The van der Waals surface area contributed by atoms with E-state index in [1.807, 2.05) is 0 Å². The predicted molar refractivity (Wildman–Crippen MR) is 241 cm³/mol. The molecule has 5 heteroatoms. The van der Waals surface area contributed by atoms with E-state index in [2.05, 4.69) is 191 Å². The highest BCUT2D eigenvalue weighted by Gasteiger charge is 2.22. The minimum Gasteiger partial charge on any atom is -0.309 e. The van der Waals surface area contributed by atoms with Crippen LogP contribution >= 0.6 is 11.3 Å². The van der Waals surface area contributed by atoms with Gasteiger partial charge in [0.05, 0.1) is 38.0 Å². The molecule has 7 aromatic carbocycles. The van der Waals surface area contributed by atoms with Gasteiger partial charge in [0.2, 0.25) is 5.95 Å². The fraction of sp³-hybridized carbons (Fsp3) is 0.0385. The Balaban J connectivity index is 1.02. The van der Waals surface area contributed by atoms with Crippen molar-refractivity contribution in [3.05, 3.63) is 188 Å². The lowest BCUT2D eigenvalue weighted by molar-refractivity contribution is 0.986. The van der Waals surface area contributed by atoms with E-state index in [9.17, 15) is 0 Å². The molecule has 268 valence electrons. The van der Waals surface area contributed by atoms with Crippen molar-refractivity contribution in [2.24, 2.45) is 0 Å². The maximum atomic E-state index is 5.41. The van der Waals surface area contributed by atoms with Gasteiger partial charge in [0.15, 0.2) is 0 Å². The van der Waals surface area contributed by atoms with Crippen LogP contribution in [0.2, 0.25) is 0 Å². The molecule has 0 unspecified atom stereocenters. The lowest BCUT2D eigenvalue weighted by atomic mass is 10.0. The van der Waals surface area contributed by atoms with Gasteiger partial charge >= 0.3 is 0 Å². The van der Waals surface area contributed by atoms with Crippen LogP contribution in [-0.4, -0.2) is 19.1 Å². The van der Waals surface area contributed by atoms with Crippen LogP contribution in [-0.2, 0) is 0 Å². The van der Waals surface area contributed by atoms with Crippen molar-refractivity contribution >= 4 is 80.8 Å². The summed E-state index contributed by atoms with van der Waals surface area (Å²) in [7, 11) is 0. The van der Waals surface area contributed by atoms with Crippen LogP contribution in [0.15, 0.2) is 182 Å². The number of aromatic nitrogens is 4. The molecule has 0 fully saturated rings. The Morgan fingerprint density at radius 3 is 1.75 bits per heavy atom. The molecule has 4 nitrogen and oxygen atoms in total. The number of nitrogens with zero attached hydrogens (tertiary/aromatic N) is 4. The van der Waals surface area contributed by atoms with E-state index in [4.69, 9.17) is 9.97 Å². The van der Waals surface area contributed by atoms with Crippen LogP contribution < -0.4 is 0 Å². The Labute approximate surface area is 332 Å². The van der Waals surface area contributed by atoms with E-state index in [-0.39, 0.29) is 0 Å². The highest BCUT2D eigenvalue weighted by molar-refractivity contribution is 7.26. The number of fused-ring (bicyclic) bond motifs is 9. The molecule has 0 bridgehead atoms. The van der Waals surface area contributed by atoms with Crippen LogP contribution in [0.1, 0.15) is 18.5 Å². The molecular formula is C52H34N4S. The first-order valence-corrected chi connectivity index (χ1v) is 20.4. The van der Waals surface area contributed by atoms with Crippen molar-refractivity contribution in [3.63, 3.8) is 0 Å². The van der Waals surface area contributed by atoms with Crippen molar-refractivity contribution in [1.82, 2.24) is 19.1 Å². The van der Waals surface area contributed by atoms with E-state index in [1.54, 1.807) is 11.3 Å². The predicted octanol–water partition coefficient (Wildman–Crippen LogP) is 14.1. The summed E-state index contributed by atoms with van der Waals surface area (Å²) >= 11 is 1.80. The number of benzene rings is 7. The number of hydrogen-bond donors (Lipinski definition) is 0. The van der Waals surface area contributed by atoms with Gasteiger partial charge in [0, 0.05) is 37.3 Å². The molecule has 1 aliphatic carbocycles. The second-order valence-electron chi connectivity index (χ2n) is 14.9. The van der Waals surface area contributed by atoms with Crippen LogP contribution in [0.25, 0.3) is 103 Å². The first-order chi connectivity index (χ1) is 28.3. The van der Waals surface area contributed by atoms with Gasteiger partial charge < -0.3 is 4.57 Å². The van der Waals surface area contributed by atoms with Crippen LogP contribution in [0.3, 0.4) is 0 Å². The SMILES string of the molecule is C1=CCCC(c2nc(-n3c4ccccc4c4cc(-c5ccc6c(c5)c5ccccc5n6-c5ccc(-c6ccccc6)cc5)ccc43)nc3c2sc2ccccc23)=C1. The normalized spacial score (nSPS) is 13.2. The molecule has 0 aliphatic heterocycles. The molecule has 1 aliphatic rings. The summed E-state index contributed by atoms with van der Waals surface area (Å²) in [4.78, 5) is 10.8. The maximum absolute atomic E-state index is 5.41. The van der Waals surface area contributed by atoms with Gasteiger partial charge in [0.25, 0.3) is 0 Å². The molecule has 0 atom stereocenters. The molecule has 0 saturated carbocycles. The fourth-order valence-electron chi connectivity index (χ4n) is 8.93. The molecule has 0 amide bonds. The van der Waals surface area contributed by atoms with E-state index in [0.717, 1.165) is 45.5 Å². The molecule has 0 N–H and O–H groups in total. The maximum Gasteiger partial charge on any atom is 0.235 e. The van der Waals surface area contributed by atoms with E-state index in [1.165, 1.54) is 70.5 Å². The minimum atomic E-state index is 0.710. The Morgan fingerprint density at radius 2 is 1.05 bits per heavy atom. The number of hydrogen-bond acceptors (Lipinski definition) is 3. The first-order valence-electron chi connectivity index (χ1n) is 19.6. The smallest absolute Gasteiger partial charge is 0.235 e. The lowest BCUT2D eigenvalue weighted by Crippen LogP contribution is -2.04. The molecule has 12 rings (SSSR count). The third kappa shape index (κ3) is 5.06. The standard InChI is InChI=1S/C52H34N4S/c1-3-13-33(14-4-1)34-23-27-38(28-24-34)55-44-20-10-7-17-39(44)42-31-36(25-29-46(42)55)37-26-30-47-43(32-37)40-18-8-11-21-45(40)56(47)52-53-49(35-15-5-2-6-16-35)51-50(54-52)41-19-9-12-22-48(41)57-51/h1-5,7-15,17-32H,6,16H2. The van der Waals surface area contributed by atoms with Crippen LogP contribution in [0.5, 0.6) is 0 Å². The molecule has 11 aromatic rings. The van der Waals surface area contributed by atoms with Crippen LogP contribution in [0, 0.1) is 0 Å². The molecule has 4 heterocycles. The van der Waals surface area contributed by atoms with E-state index < -0.39 is 0 Å². The number of allylic oxidation sites excluding steroid dienone is 4. The van der Waals surface area contributed by atoms with E-state index >= 15 is 0 Å². The quantitative estimate of drug-likeness (QED) is 0.176. The zero-order valence-electron chi connectivity index (χ0n) is 30.9. The molecule has 4 aromatic heterocycles. The number of rotatable bonds is 5. The second-order valence-corrected chi connectivity index (χ2v) is 15.9. The fourth-order valence-corrected chi connectivity index (χ4v) is 10.1. The Bertz CT molecular complexity index is 3450. The van der Waals surface area contributed by atoms with Gasteiger partial charge in [-0.2, -0.15) is 0 Å². The summed E-state index contributed by atoms with van der Waals surface area (Å²) in [5.41, 5.74) is 13.9. The van der Waals surface area contributed by atoms with Gasteiger partial charge in [-0.1, -0.05) is 127 Å². The summed E-state index contributed by atoms with van der Waals surface area (Å²) in [5, 5.41) is 6.03. The van der Waals surface area contributed by atoms with Crippen molar-refractivity contribution in [3.8, 4) is 33.9 Å². The first kappa shape index (κ1) is 32.2. The Morgan fingerprint density at radius 1 is 0.474 bits per heavy atom. The highest BCUT2D eigenvalue weighted by atomic mass is 32.1. The van der Waals surface area contributed by atoms with Gasteiger partial charge in [-0.15, -0.1) is 11.3 Å². The molecular weight excluding hydrogens is 713 g/mol. The third-order valence-electron chi connectivity index (χ3n) is 11.6. The van der Waals surface area contributed by atoms with E-state index in [0.29, 0.717) is 5.95 Å². The summed E-state index contributed by atoms with van der Waals surface area (Å²) < 4.78 is 7.05. The van der Waals surface area contributed by atoms with Crippen molar-refractivity contribution in [1.29, 1.82) is 0 Å². The average molecular weight is 747 g/mol. The number of thiophene rings is 1. The lowest BCUT2D eigenvalue weighted by Gasteiger charge is -2.13. The summed E-state index contributed by atoms with van der Waals surface area (Å²) in [6, 6.07) is 59.3. The monoisotopic (exact) mass is 746 g/mol. The number of para-hydroxylation sites is 2. The van der Waals surface area contributed by atoms with Gasteiger partial charge in [-0.3, -0.25) is 4.57 Å². The second kappa shape index (κ2) is 12.7. The van der Waals surface area contributed by atoms with Crippen molar-refractivity contribution in [2.75, 3.05) is 0 Å². The summed E-state index contributed by atoms with van der Waals surface area (Å²) in [6.07, 6.45) is 8.62. The Hall–Kier alpha value is -7.08. The molecule has 0 saturated heterocycles. The third-order valence-corrected chi connectivity index (χ3v) is 12.8. The van der Waals surface area contributed by atoms with Gasteiger partial charge in [-0.25, -0.2) is 9.97 Å². The zero-order valence-corrected chi connectivity index (χ0v) is 31.7. The highest BCUT2D eigenvalue weighted by Crippen LogP contribution is 2.41. The van der Waals surface area contributed by atoms with Gasteiger partial charge in [-0.05, 0) is 95.3 Å². The van der Waals surface area contributed by atoms with Crippen LogP contribution in [0.4, 0.5) is 0 Å². The molecule has 0 spiro atoms. The Kier molecular flexibility index (Phi) is 7.19. The topological polar surface area (TPSA) is 35.6 Å². The zero-order chi connectivity index (χ0) is 37.5. The van der Waals surface area contributed by atoms with Gasteiger partial charge in [0.1, 0.15) is 0 Å². The van der Waals surface area contributed by atoms with Crippen molar-refractivity contribution in [2.45, 2.75) is 12.8 Å². The largest absolute Gasteiger partial charge is 0.309 e. The molecule has 57 heavy (non-hydrogen) atoms. The summed E-state index contributed by atoms with van der Waals surface area (Å²) in [5.74, 6) is 0.710.